The van der Waals surface area contributed by atoms with Crippen LogP contribution in [0.1, 0.15) is 10.8 Å². The molecule has 3 aromatic rings. The molecule has 0 saturated heterocycles. The largest absolute Gasteiger partial charge is 0.301 e. The van der Waals surface area contributed by atoms with Crippen molar-refractivity contribution in [1.29, 1.82) is 0 Å². The van der Waals surface area contributed by atoms with Gasteiger partial charge in [0.2, 0.25) is 11.1 Å². The van der Waals surface area contributed by atoms with Gasteiger partial charge < -0.3 is 5.32 Å². The number of benzene rings is 1. The van der Waals surface area contributed by atoms with E-state index in [9.17, 15) is 4.79 Å². The van der Waals surface area contributed by atoms with Crippen LogP contribution in [0.3, 0.4) is 0 Å². The first-order valence-corrected chi connectivity index (χ1v) is 8.14. The number of tetrazole rings is 1. The Bertz CT molecular complexity index is 743. The number of thiazole rings is 1. The minimum Gasteiger partial charge on any atom is -0.301 e. The quantitative estimate of drug-likeness (QED) is 0.721. The van der Waals surface area contributed by atoms with E-state index in [2.05, 4.69) is 25.8 Å². The zero-order chi connectivity index (χ0) is 15.4. The van der Waals surface area contributed by atoms with Gasteiger partial charge in [0.1, 0.15) is 5.25 Å². The Balaban J connectivity index is 1.86. The van der Waals surface area contributed by atoms with Crippen LogP contribution in [-0.2, 0) is 11.8 Å². The molecular weight excluding hydrogens is 320 g/mol. The maximum Gasteiger partial charge on any atom is 0.244 e. The van der Waals surface area contributed by atoms with Crippen molar-refractivity contribution in [2.75, 3.05) is 5.32 Å². The van der Waals surface area contributed by atoms with Crippen molar-refractivity contribution in [3.05, 3.63) is 47.5 Å². The van der Waals surface area contributed by atoms with Gasteiger partial charge in [-0.25, -0.2) is 9.67 Å². The predicted molar refractivity (Wildman–Crippen MR) is 84.6 cm³/mol. The van der Waals surface area contributed by atoms with Crippen molar-refractivity contribution in [2.45, 2.75) is 10.4 Å². The summed E-state index contributed by atoms with van der Waals surface area (Å²) >= 11 is 2.67. The van der Waals surface area contributed by atoms with Crippen LogP contribution in [-0.4, -0.2) is 31.1 Å². The molecule has 3 rings (SSSR count). The first-order chi connectivity index (χ1) is 10.7. The predicted octanol–water partition coefficient (Wildman–Crippen LogP) is 2.14. The van der Waals surface area contributed by atoms with Gasteiger partial charge in [-0.05, 0) is 16.0 Å². The molecule has 2 heterocycles. The summed E-state index contributed by atoms with van der Waals surface area (Å²) in [5, 5.41) is 16.6. The smallest absolute Gasteiger partial charge is 0.244 e. The third kappa shape index (κ3) is 3.31. The number of hydrogen-bond donors (Lipinski definition) is 1. The molecule has 9 heteroatoms. The lowest BCUT2D eigenvalue weighted by atomic mass is 10.1. The van der Waals surface area contributed by atoms with Crippen LogP contribution in [0, 0.1) is 0 Å². The molecule has 0 spiro atoms. The average Bonchev–Trinajstić information content (AvgIpc) is 3.17. The van der Waals surface area contributed by atoms with E-state index >= 15 is 0 Å². The number of carbonyl (C=O) groups is 1. The van der Waals surface area contributed by atoms with Gasteiger partial charge in [0.05, 0.1) is 0 Å². The third-order valence-corrected chi connectivity index (χ3v) is 4.77. The average molecular weight is 332 g/mol. The maximum absolute atomic E-state index is 12.6. The topological polar surface area (TPSA) is 85.6 Å². The number of aromatic nitrogens is 5. The van der Waals surface area contributed by atoms with Gasteiger partial charge in [0, 0.05) is 18.6 Å². The summed E-state index contributed by atoms with van der Waals surface area (Å²) in [5.74, 6) is -0.158. The maximum atomic E-state index is 12.6. The summed E-state index contributed by atoms with van der Waals surface area (Å²) < 4.78 is 1.54. The van der Waals surface area contributed by atoms with E-state index in [0.717, 1.165) is 5.56 Å². The Hall–Kier alpha value is -2.26. The van der Waals surface area contributed by atoms with E-state index in [4.69, 9.17) is 0 Å². The number of anilines is 1. The van der Waals surface area contributed by atoms with Crippen molar-refractivity contribution >= 4 is 34.1 Å². The first-order valence-electron chi connectivity index (χ1n) is 6.38. The monoisotopic (exact) mass is 332 g/mol. The lowest BCUT2D eigenvalue weighted by Crippen LogP contribution is -2.19. The standard InChI is InChI=1S/C13H12N6OS2/c1-19-13(16-17-18-19)22-10(9-5-3-2-4-6-9)11(20)15-12-14-7-8-21-12/h2-8,10H,1H3,(H,14,15,20)/t10-/m0/s1. The van der Waals surface area contributed by atoms with Gasteiger partial charge in [-0.1, -0.05) is 42.1 Å². The lowest BCUT2D eigenvalue weighted by Gasteiger charge is -2.14. The Kier molecular flexibility index (Phi) is 4.45. The number of amides is 1. The van der Waals surface area contributed by atoms with E-state index in [1.54, 1.807) is 13.2 Å². The molecule has 1 amide bonds. The summed E-state index contributed by atoms with van der Waals surface area (Å²) in [6, 6.07) is 9.52. The summed E-state index contributed by atoms with van der Waals surface area (Å²) in [4.78, 5) is 16.7. The van der Waals surface area contributed by atoms with Crippen LogP contribution in [0.5, 0.6) is 0 Å². The van der Waals surface area contributed by atoms with Gasteiger partial charge in [-0.15, -0.1) is 16.4 Å². The van der Waals surface area contributed by atoms with Gasteiger partial charge in [0.25, 0.3) is 0 Å². The second-order valence-corrected chi connectivity index (χ2v) is 6.29. The molecule has 1 atom stereocenters. The number of rotatable bonds is 5. The van der Waals surface area contributed by atoms with Gasteiger partial charge in [-0.3, -0.25) is 4.79 Å². The molecule has 0 saturated carbocycles. The molecule has 0 bridgehead atoms. The van der Waals surface area contributed by atoms with Crippen LogP contribution in [0.15, 0.2) is 47.1 Å². The fraction of sp³-hybridized carbons (Fsp3) is 0.154. The number of carbonyl (C=O) groups excluding carboxylic acids is 1. The van der Waals surface area contributed by atoms with Crippen LogP contribution >= 0.6 is 23.1 Å². The fourth-order valence-electron chi connectivity index (χ4n) is 1.78. The number of hydrogen-bond acceptors (Lipinski definition) is 7. The molecule has 1 N–H and O–H groups in total. The highest BCUT2D eigenvalue weighted by Crippen LogP contribution is 2.34. The minimum atomic E-state index is -0.463. The van der Waals surface area contributed by atoms with Gasteiger partial charge in [-0.2, -0.15) is 0 Å². The van der Waals surface area contributed by atoms with Crippen molar-refractivity contribution in [3.8, 4) is 0 Å². The third-order valence-electron chi connectivity index (χ3n) is 2.81. The summed E-state index contributed by atoms with van der Waals surface area (Å²) in [6.07, 6.45) is 1.65. The molecule has 7 nitrogen and oxygen atoms in total. The number of nitrogens with zero attached hydrogens (tertiary/aromatic N) is 5. The van der Waals surface area contributed by atoms with Crippen molar-refractivity contribution in [1.82, 2.24) is 25.2 Å². The Labute approximate surface area is 134 Å². The lowest BCUT2D eigenvalue weighted by molar-refractivity contribution is -0.115. The molecule has 0 unspecified atom stereocenters. The van der Waals surface area contributed by atoms with Crippen LogP contribution in [0.2, 0.25) is 0 Å². The normalized spacial score (nSPS) is 12.0. The number of nitrogens with one attached hydrogen (secondary N) is 1. The molecule has 2 aromatic heterocycles. The zero-order valence-electron chi connectivity index (χ0n) is 11.6. The van der Waals surface area contributed by atoms with Gasteiger partial charge in [0.15, 0.2) is 5.13 Å². The molecule has 1 aromatic carbocycles. The highest BCUT2D eigenvalue weighted by molar-refractivity contribution is 8.00. The fourth-order valence-corrected chi connectivity index (χ4v) is 3.26. The molecule has 0 aliphatic heterocycles. The molecule has 0 aliphatic carbocycles. The Morgan fingerprint density at radius 3 is 2.82 bits per heavy atom. The highest BCUT2D eigenvalue weighted by Gasteiger charge is 2.25. The minimum absolute atomic E-state index is 0.158. The second-order valence-electron chi connectivity index (χ2n) is 4.32. The summed E-state index contributed by atoms with van der Waals surface area (Å²) in [6.45, 7) is 0. The number of aryl methyl sites for hydroxylation is 1. The molecule has 22 heavy (non-hydrogen) atoms. The zero-order valence-corrected chi connectivity index (χ0v) is 13.2. The van der Waals surface area contributed by atoms with E-state index in [0.29, 0.717) is 10.3 Å². The number of thioether (sulfide) groups is 1. The van der Waals surface area contributed by atoms with E-state index in [-0.39, 0.29) is 5.91 Å². The summed E-state index contributed by atoms with van der Waals surface area (Å²) in [5.41, 5.74) is 0.879. The van der Waals surface area contributed by atoms with Crippen molar-refractivity contribution < 1.29 is 4.79 Å². The SMILES string of the molecule is Cn1nnnc1S[C@H](C(=O)Nc1nccs1)c1ccccc1. The molecular formula is C13H12N6OS2. The molecule has 0 fully saturated rings. The highest BCUT2D eigenvalue weighted by atomic mass is 32.2. The van der Waals surface area contributed by atoms with Crippen LogP contribution < -0.4 is 5.32 Å². The second kappa shape index (κ2) is 6.67. The van der Waals surface area contributed by atoms with Crippen molar-refractivity contribution in [3.63, 3.8) is 0 Å². The summed E-state index contributed by atoms with van der Waals surface area (Å²) in [7, 11) is 1.74. The Morgan fingerprint density at radius 1 is 1.36 bits per heavy atom. The Morgan fingerprint density at radius 2 is 2.18 bits per heavy atom. The first kappa shape index (κ1) is 14.7. The van der Waals surface area contributed by atoms with E-state index < -0.39 is 5.25 Å². The van der Waals surface area contributed by atoms with Crippen molar-refractivity contribution in [2.24, 2.45) is 7.05 Å². The molecule has 112 valence electrons. The molecule has 0 aliphatic rings. The van der Waals surface area contributed by atoms with Gasteiger partial charge >= 0.3 is 0 Å². The van der Waals surface area contributed by atoms with E-state index in [1.807, 2.05) is 35.7 Å². The van der Waals surface area contributed by atoms with E-state index in [1.165, 1.54) is 27.8 Å². The van der Waals surface area contributed by atoms with Crippen LogP contribution in [0.4, 0.5) is 5.13 Å². The van der Waals surface area contributed by atoms with Crippen LogP contribution in [0.25, 0.3) is 0 Å². The molecule has 0 radical (unpaired) electrons.